The fraction of sp³-hybridized carbons (Fsp3) is 0.625. The van der Waals surface area contributed by atoms with Crippen LogP contribution in [0.15, 0.2) is 23.1 Å². The molecule has 0 aliphatic heterocycles. The molecule has 0 spiro atoms. The van der Waals surface area contributed by atoms with Gasteiger partial charge in [-0.15, -0.1) is 11.8 Å². The number of thioether (sulfide) groups is 1. The Morgan fingerprint density at radius 1 is 1.11 bits per heavy atom. The van der Waals surface area contributed by atoms with E-state index in [1.807, 2.05) is 17.8 Å². The van der Waals surface area contributed by atoms with Crippen LogP contribution >= 0.6 is 11.8 Å². The first-order valence-electron chi connectivity index (χ1n) is 7.50. The molecule has 0 unspecified atom stereocenters. The molecule has 0 aromatic heterocycles. The van der Waals surface area contributed by atoms with Gasteiger partial charge in [-0.25, -0.2) is 4.39 Å². The average Bonchev–Trinajstić information content (AvgIpc) is 3.24. The van der Waals surface area contributed by atoms with Gasteiger partial charge in [0.25, 0.3) is 0 Å². The van der Waals surface area contributed by atoms with E-state index >= 15 is 0 Å². The molecule has 19 heavy (non-hydrogen) atoms. The molecule has 3 heteroatoms. The van der Waals surface area contributed by atoms with Gasteiger partial charge in [0.05, 0.1) is 0 Å². The molecule has 2 aliphatic carbocycles. The third-order valence-electron chi connectivity index (χ3n) is 4.03. The van der Waals surface area contributed by atoms with Crippen LogP contribution in [0.25, 0.3) is 0 Å². The Morgan fingerprint density at radius 3 is 2.63 bits per heavy atom. The van der Waals surface area contributed by atoms with Gasteiger partial charge >= 0.3 is 0 Å². The summed E-state index contributed by atoms with van der Waals surface area (Å²) in [5.74, 6) is -0.111. The van der Waals surface area contributed by atoms with Crippen molar-refractivity contribution in [2.75, 3.05) is 0 Å². The molecule has 2 aliphatic rings. The minimum atomic E-state index is -0.111. The average molecular weight is 279 g/mol. The molecular formula is C16H22FNS. The van der Waals surface area contributed by atoms with Gasteiger partial charge in [-0.3, -0.25) is 0 Å². The number of nitrogens with one attached hydrogen (secondary N) is 1. The van der Waals surface area contributed by atoms with Gasteiger partial charge in [-0.1, -0.05) is 19.3 Å². The molecular weight excluding hydrogens is 257 g/mol. The van der Waals surface area contributed by atoms with Crippen molar-refractivity contribution in [3.05, 3.63) is 29.6 Å². The Kier molecular flexibility index (Phi) is 4.44. The van der Waals surface area contributed by atoms with Crippen molar-refractivity contribution in [1.82, 2.24) is 5.32 Å². The first-order valence-corrected chi connectivity index (χ1v) is 8.38. The number of benzene rings is 1. The van der Waals surface area contributed by atoms with Crippen molar-refractivity contribution in [3.63, 3.8) is 0 Å². The lowest BCUT2D eigenvalue weighted by molar-refractivity contribution is 0.516. The molecule has 3 rings (SSSR count). The number of rotatable bonds is 5. The summed E-state index contributed by atoms with van der Waals surface area (Å²) in [7, 11) is 0. The van der Waals surface area contributed by atoms with Gasteiger partial charge in [0, 0.05) is 22.7 Å². The molecule has 1 nitrogen and oxygen atoms in total. The molecule has 0 bridgehead atoms. The normalized spacial score (nSPS) is 20.7. The third-order valence-corrected chi connectivity index (χ3v) is 5.48. The largest absolute Gasteiger partial charge is 0.310 e. The highest BCUT2D eigenvalue weighted by Crippen LogP contribution is 2.35. The van der Waals surface area contributed by atoms with Crippen molar-refractivity contribution in [2.45, 2.75) is 67.7 Å². The topological polar surface area (TPSA) is 12.0 Å². The summed E-state index contributed by atoms with van der Waals surface area (Å²) in [6.45, 7) is 0.817. The SMILES string of the molecule is Fc1ccc(SC2CCCCC2)c(CNC2CC2)c1. The zero-order valence-corrected chi connectivity index (χ0v) is 12.1. The summed E-state index contributed by atoms with van der Waals surface area (Å²) in [6, 6.07) is 5.96. The highest BCUT2D eigenvalue weighted by molar-refractivity contribution is 8.00. The Labute approximate surface area is 119 Å². The van der Waals surface area contributed by atoms with E-state index in [0.717, 1.165) is 17.4 Å². The van der Waals surface area contributed by atoms with Crippen molar-refractivity contribution >= 4 is 11.8 Å². The van der Waals surface area contributed by atoms with E-state index in [1.54, 1.807) is 12.1 Å². The van der Waals surface area contributed by atoms with Crippen molar-refractivity contribution < 1.29 is 4.39 Å². The van der Waals surface area contributed by atoms with Crippen LogP contribution < -0.4 is 5.32 Å². The lowest BCUT2D eigenvalue weighted by atomic mass is 10.0. The number of hydrogen-bond donors (Lipinski definition) is 1. The monoisotopic (exact) mass is 279 g/mol. The predicted molar refractivity (Wildman–Crippen MR) is 79.0 cm³/mol. The lowest BCUT2D eigenvalue weighted by Crippen LogP contribution is -2.16. The third kappa shape index (κ3) is 3.96. The van der Waals surface area contributed by atoms with Crippen LogP contribution in [0, 0.1) is 5.82 Å². The summed E-state index contributed by atoms with van der Waals surface area (Å²) in [5, 5.41) is 4.23. The smallest absolute Gasteiger partial charge is 0.123 e. The first-order chi connectivity index (χ1) is 9.31. The Morgan fingerprint density at radius 2 is 1.89 bits per heavy atom. The molecule has 2 fully saturated rings. The number of halogens is 1. The Bertz CT molecular complexity index is 425. The summed E-state index contributed by atoms with van der Waals surface area (Å²) in [5.41, 5.74) is 1.14. The molecule has 0 amide bonds. The lowest BCUT2D eigenvalue weighted by Gasteiger charge is -2.22. The molecule has 104 valence electrons. The molecule has 0 radical (unpaired) electrons. The summed E-state index contributed by atoms with van der Waals surface area (Å²) in [4.78, 5) is 1.28. The summed E-state index contributed by atoms with van der Waals surface area (Å²) in [6.07, 6.45) is 9.29. The van der Waals surface area contributed by atoms with Crippen LogP contribution in [0.3, 0.4) is 0 Å². The van der Waals surface area contributed by atoms with Crippen LogP contribution in [-0.2, 0) is 6.54 Å². The molecule has 1 aromatic rings. The van der Waals surface area contributed by atoms with E-state index in [2.05, 4.69) is 5.32 Å². The van der Waals surface area contributed by atoms with Gasteiger partial charge in [-0.05, 0) is 49.4 Å². The van der Waals surface area contributed by atoms with Gasteiger partial charge in [-0.2, -0.15) is 0 Å². The maximum absolute atomic E-state index is 13.4. The van der Waals surface area contributed by atoms with Gasteiger partial charge < -0.3 is 5.32 Å². The summed E-state index contributed by atoms with van der Waals surface area (Å²) >= 11 is 1.97. The minimum Gasteiger partial charge on any atom is -0.310 e. The molecule has 0 atom stereocenters. The zero-order valence-electron chi connectivity index (χ0n) is 11.3. The van der Waals surface area contributed by atoms with Gasteiger partial charge in [0.1, 0.15) is 5.82 Å². The van der Waals surface area contributed by atoms with E-state index in [0.29, 0.717) is 6.04 Å². The van der Waals surface area contributed by atoms with E-state index in [1.165, 1.54) is 49.8 Å². The second-order valence-electron chi connectivity index (χ2n) is 5.79. The van der Waals surface area contributed by atoms with Gasteiger partial charge in [0.2, 0.25) is 0 Å². The Balaban J connectivity index is 1.66. The number of hydrogen-bond acceptors (Lipinski definition) is 2. The summed E-state index contributed by atoms with van der Waals surface area (Å²) < 4.78 is 13.4. The quantitative estimate of drug-likeness (QED) is 0.851. The maximum atomic E-state index is 13.4. The fourth-order valence-corrected chi connectivity index (χ4v) is 4.06. The highest BCUT2D eigenvalue weighted by Gasteiger charge is 2.21. The molecule has 1 aromatic carbocycles. The van der Waals surface area contributed by atoms with Crippen molar-refractivity contribution in [3.8, 4) is 0 Å². The minimum absolute atomic E-state index is 0.111. The van der Waals surface area contributed by atoms with Crippen molar-refractivity contribution in [2.24, 2.45) is 0 Å². The molecule has 0 saturated heterocycles. The van der Waals surface area contributed by atoms with Gasteiger partial charge in [0.15, 0.2) is 0 Å². The molecule has 1 N–H and O–H groups in total. The maximum Gasteiger partial charge on any atom is 0.123 e. The predicted octanol–water partition coefficient (Wildman–Crippen LogP) is 4.50. The van der Waals surface area contributed by atoms with Crippen LogP contribution in [0.1, 0.15) is 50.5 Å². The van der Waals surface area contributed by atoms with Crippen LogP contribution in [0.2, 0.25) is 0 Å². The molecule has 2 saturated carbocycles. The Hall–Kier alpha value is -0.540. The van der Waals surface area contributed by atoms with E-state index in [4.69, 9.17) is 0 Å². The fourth-order valence-electron chi connectivity index (χ4n) is 2.71. The van der Waals surface area contributed by atoms with E-state index in [9.17, 15) is 4.39 Å². The van der Waals surface area contributed by atoms with Crippen LogP contribution in [0.4, 0.5) is 4.39 Å². The second kappa shape index (κ2) is 6.27. The molecule has 0 heterocycles. The second-order valence-corrected chi connectivity index (χ2v) is 7.13. The first kappa shape index (κ1) is 13.4. The highest BCUT2D eigenvalue weighted by atomic mass is 32.2. The van der Waals surface area contributed by atoms with Crippen LogP contribution in [-0.4, -0.2) is 11.3 Å². The van der Waals surface area contributed by atoms with E-state index in [-0.39, 0.29) is 5.82 Å². The standard InChI is InChI=1S/C16H22FNS/c17-13-6-9-16(19-15-4-2-1-3-5-15)12(10-13)11-18-14-7-8-14/h6,9-10,14-15,18H,1-5,7-8,11H2. The van der Waals surface area contributed by atoms with E-state index < -0.39 is 0 Å². The van der Waals surface area contributed by atoms with Crippen molar-refractivity contribution in [1.29, 1.82) is 0 Å². The zero-order chi connectivity index (χ0) is 13.1. The van der Waals surface area contributed by atoms with Crippen LogP contribution in [0.5, 0.6) is 0 Å².